The Kier molecular flexibility index (Phi) is 5.12. The lowest BCUT2D eigenvalue weighted by molar-refractivity contribution is 0.102. The summed E-state index contributed by atoms with van der Waals surface area (Å²) in [6.07, 6.45) is 0.859. The standard InChI is InChI=1S/C13H13BrClN3OS/c1-7(2)5-11-17-18-13(20-11)16-12(19)8-3-4-9(14)10(15)6-8/h3-4,6-7H,5H2,1-2H3,(H,16,18,19). The Hall–Kier alpha value is -0.980. The molecule has 0 bridgehead atoms. The van der Waals surface area contributed by atoms with Crippen molar-refractivity contribution in [2.45, 2.75) is 20.3 Å². The monoisotopic (exact) mass is 373 g/mol. The molecule has 0 saturated carbocycles. The number of aromatic nitrogens is 2. The van der Waals surface area contributed by atoms with Crippen molar-refractivity contribution in [3.05, 3.63) is 38.3 Å². The predicted molar refractivity (Wildman–Crippen MR) is 85.6 cm³/mol. The number of nitrogens with zero attached hydrogens (tertiary/aromatic N) is 2. The van der Waals surface area contributed by atoms with Gasteiger partial charge in [-0.3, -0.25) is 10.1 Å². The molecule has 1 aromatic heterocycles. The van der Waals surface area contributed by atoms with E-state index in [9.17, 15) is 4.79 Å². The number of hydrogen-bond acceptors (Lipinski definition) is 4. The van der Waals surface area contributed by atoms with Crippen molar-refractivity contribution < 1.29 is 4.79 Å². The second kappa shape index (κ2) is 6.65. The van der Waals surface area contributed by atoms with Gasteiger partial charge in [-0.2, -0.15) is 0 Å². The zero-order valence-corrected chi connectivity index (χ0v) is 14.1. The Balaban J connectivity index is 2.07. The highest BCUT2D eigenvalue weighted by atomic mass is 79.9. The Morgan fingerprint density at radius 1 is 1.45 bits per heavy atom. The summed E-state index contributed by atoms with van der Waals surface area (Å²) in [6.45, 7) is 4.23. The minimum atomic E-state index is -0.244. The van der Waals surface area contributed by atoms with Gasteiger partial charge in [-0.25, -0.2) is 0 Å². The van der Waals surface area contributed by atoms with E-state index in [0.29, 0.717) is 21.6 Å². The fraction of sp³-hybridized carbons (Fsp3) is 0.308. The molecule has 0 spiro atoms. The van der Waals surface area contributed by atoms with E-state index in [4.69, 9.17) is 11.6 Å². The highest BCUT2D eigenvalue weighted by Gasteiger charge is 2.12. The largest absolute Gasteiger partial charge is 0.296 e. The highest BCUT2D eigenvalue weighted by molar-refractivity contribution is 9.10. The van der Waals surface area contributed by atoms with Crippen LogP contribution in [0, 0.1) is 5.92 Å². The molecule has 0 radical (unpaired) electrons. The third-order valence-corrected chi connectivity index (χ3v) is 4.55. The molecule has 1 N–H and O–H groups in total. The molecule has 1 amide bonds. The van der Waals surface area contributed by atoms with E-state index >= 15 is 0 Å². The minimum absolute atomic E-state index is 0.244. The molecule has 7 heteroatoms. The van der Waals surface area contributed by atoms with E-state index in [1.54, 1.807) is 18.2 Å². The molecule has 20 heavy (non-hydrogen) atoms. The van der Waals surface area contributed by atoms with Gasteiger partial charge in [0.1, 0.15) is 5.01 Å². The summed E-state index contributed by atoms with van der Waals surface area (Å²) in [7, 11) is 0. The van der Waals surface area contributed by atoms with Gasteiger partial charge in [0, 0.05) is 16.5 Å². The number of carbonyl (C=O) groups excluding carboxylic acids is 1. The number of halogens is 2. The van der Waals surface area contributed by atoms with Crippen LogP contribution in [0.3, 0.4) is 0 Å². The fourth-order valence-corrected chi connectivity index (χ4v) is 2.92. The van der Waals surface area contributed by atoms with Crippen LogP contribution in [0.2, 0.25) is 5.02 Å². The summed E-state index contributed by atoms with van der Waals surface area (Å²) in [4.78, 5) is 12.1. The molecule has 106 valence electrons. The van der Waals surface area contributed by atoms with E-state index < -0.39 is 0 Å². The van der Waals surface area contributed by atoms with Crippen LogP contribution in [0.4, 0.5) is 5.13 Å². The van der Waals surface area contributed by atoms with E-state index in [2.05, 4.69) is 45.3 Å². The molecule has 0 atom stereocenters. The summed E-state index contributed by atoms with van der Waals surface area (Å²) in [6, 6.07) is 5.04. The minimum Gasteiger partial charge on any atom is -0.296 e. The van der Waals surface area contributed by atoms with Gasteiger partial charge in [0.15, 0.2) is 0 Å². The van der Waals surface area contributed by atoms with E-state index in [0.717, 1.165) is 15.9 Å². The first-order valence-corrected chi connectivity index (χ1v) is 8.03. The number of benzene rings is 1. The maximum atomic E-state index is 12.1. The van der Waals surface area contributed by atoms with E-state index in [1.807, 2.05) is 0 Å². The van der Waals surface area contributed by atoms with Crippen LogP contribution in [-0.4, -0.2) is 16.1 Å². The first-order chi connectivity index (χ1) is 9.45. The Labute approximate surface area is 134 Å². The van der Waals surface area contributed by atoms with Crippen LogP contribution in [-0.2, 0) is 6.42 Å². The van der Waals surface area contributed by atoms with E-state index in [1.165, 1.54) is 11.3 Å². The molecule has 0 fully saturated rings. The molecule has 0 aliphatic heterocycles. The average molecular weight is 375 g/mol. The summed E-state index contributed by atoms with van der Waals surface area (Å²) >= 11 is 10.7. The highest BCUT2D eigenvalue weighted by Crippen LogP contribution is 2.24. The maximum Gasteiger partial charge on any atom is 0.257 e. The Morgan fingerprint density at radius 2 is 2.20 bits per heavy atom. The summed E-state index contributed by atoms with van der Waals surface area (Å²) < 4.78 is 0.755. The number of nitrogens with one attached hydrogen (secondary N) is 1. The second-order valence-electron chi connectivity index (χ2n) is 4.68. The van der Waals surface area contributed by atoms with Crippen LogP contribution in [0.15, 0.2) is 22.7 Å². The molecule has 2 rings (SSSR count). The number of amides is 1. The average Bonchev–Trinajstić information content (AvgIpc) is 2.79. The van der Waals surface area contributed by atoms with Crippen molar-refractivity contribution in [2.24, 2.45) is 5.92 Å². The Morgan fingerprint density at radius 3 is 2.85 bits per heavy atom. The fourth-order valence-electron chi connectivity index (χ4n) is 1.54. The van der Waals surface area contributed by atoms with Crippen molar-refractivity contribution in [1.82, 2.24) is 10.2 Å². The molecular formula is C13H13BrClN3OS. The van der Waals surface area contributed by atoms with Gasteiger partial charge in [-0.05, 0) is 40.0 Å². The maximum absolute atomic E-state index is 12.1. The van der Waals surface area contributed by atoms with Crippen LogP contribution in [0.5, 0.6) is 0 Å². The summed E-state index contributed by atoms with van der Waals surface area (Å²) in [5.74, 6) is 0.267. The third-order valence-electron chi connectivity index (χ3n) is 2.45. The molecular weight excluding hydrogens is 362 g/mol. The predicted octanol–water partition coefficient (Wildman–Crippen LogP) is 4.40. The number of carbonyl (C=O) groups is 1. The van der Waals surface area contributed by atoms with Gasteiger partial charge in [0.2, 0.25) is 5.13 Å². The molecule has 0 unspecified atom stereocenters. The molecule has 0 aliphatic carbocycles. The zero-order chi connectivity index (χ0) is 14.7. The van der Waals surface area contributed by atoms with Crippen LogP contribution in [0.25, 0.3) is 0 Å². The van der Waals surface area contributed by atoms with Gasteiger partial charge in [0.05, 0.1) is 5.02 Å². The summed E-state index contributed by atoms with van der Waals surface area (Å²) in [5, 5.41) is 12.7. The SMILES string of the molecule is CC(C)Cc1nnc(NC(=O)c2ccc(Br)c(Cl)c2)s1. The summed E-state index contributed by atoms with van der Waals surface area (Å²) in [5.41, 5.74) is 0.485. The lowest BCUT2D eigenvalue weighted by Gasteiger charge is -2.02. The molecule has 0 aliphatic rings. The van der Waals surface area contributed by atoms with Crippen molar-refractivity contribution >= 4 is 49.9 Å². The first kappa shape index (κ1) is 15.4. The van der Waals surface area contributed by atoms with Crippen LogP contribution >= 0.6 is 38.9 Å². The van der Waals surface area contributed by atoms with Crippen LogP contribution < -0.4 is 5.32 Å². The smallest absolute Gasteiger partial charge is 0.257 e. The normalized spacial score (nSPS) is 10.8. The van der Waals surface area contributed by atoms with Crippen molar-refractivity contribution in [3.8, 4) is 0 Å². The van der Waals surface area contributed by atoms with Crippen LogP contribution in [0.1, 0.15) is 29.2 Å². The van der Waals surface area contributed by atoms with Gasteiger partial charge >= 0.3 is 0 Å². The topological polar surface area (TPSA) is 54.9 Å². The van der Waals surface area contributed by atoms with Crippen molar-refractivity contribution in [3.63, 3.8) is 0 Å². The lowest BCUT2D eigenvalue weighted by atomic mass is 10.1. The first-order valence-electron chi connectivity index (χ1n) is 6.04. The van der Waals surface area contributed by atoms with Gasteiger partial charge < -0.3 is 0 Å². The van der Waals surface area contributed by atoms with Gasteiger partial charge in [-0.15, -0.1) is 10.2 Å². The number of anilines is 1. The molecule has 1 heterocycles. The third kappa shape index (κ3) is 4.01. The van der Waals surface area contributed by atoms with E-state index in [-0.39, 0.29) is 5.91 Å². The lowest BCUT2D eigenvalue weighted by Crippen LogP contribution is -2.11. The number of rotatable bonds is 4. The molecule has 4 nitrogen and oxygen atoms in total. The molecule has 2 aromatic rings. The van der Waals surface area contributed by atoms with Crippen molar-refractivity contribution in [2.75, 3.05) is 5.32 Å². The number of hydrogen-bond donors (Lipinski definition) is 1. The quantitative estimate of drug-likeness (QED) is 0.862. The van der Waals surface area contributed by atoms with Gasteiger partial charge in [0.25, 0.3) is 5.91 Å². The van der Waals surface area contributed by atoms with Gasteiger partial charge in [-0.1, -0.05) is 36.8 Å². The van der Waals surface area contributed by atoms with Crippen molar-refractivity contribution in [1.29, 1.82) is 0 Å². The Bertz CT molecular complexity index is 630. The molecule has 1 aromatic carbocycles. The second-order valence-corrected chi connectivity index (χ2v) is 7.01. The molecule has 0 saturated heterocycles. The zero-order valence-electron chi connectivity index (χ0n) is 11.0.